The van der Waals surface area contributed by atoms with E-state index in [0.717, 1.165) is 71.6 Å². The van der Waals surface area contributed by atoms with E-state index in [1.54, 1.807) is 0 Å². The van der Waals surface area contributed by atoms with Gasteiger partial charge in [0.1, 0.15) is 23.2 Å². The van der Waals surface area contributed by atoms with Gasteiger partial charge < -0.3 is 14.3 Å². The maximum atomic E-state index is 7.06. The van der Waals surface area contributed by atoms with Crippen molar-refractivity contribution in [1.82, 2.24) is 14.5 Å². The van der Waals surface area contributed by atoms with Gasteiger partial charge in [-0.15, -0.1) is 11.3 Å². The van der Waals surface area contributed by atoms with Crippen LogP contribution < -0.4 is 5.32 Å². The normalized spacial score (nSPS) is 14.5. The van der Waals surface area contributed by atoms with E-state index < -0.39 is 6.17 Å². The van der Waals surface area contributed by atoms with E-state index in [-0.39, 0.29) is 0 Å². The van der Waals surface area contributed by atoms with Gasteiger partial charge in [0.15, 0.2) is 0 Å². The number of thiophene rings is 1. The number of amidine groups is 1. The summed E-state index contributed by atoms with van der Waals surface area (Å²) in [5, 5.41) is 18.0. The van der Waals surface area contributed by atoms with E-state index in [1.165, 1.54) is 52.5 Å². The molecule has 0 bridgehead atoms. The minimum atomic E-state index is -0.450. The van der Waals surface area contributed by atoms with Gasteiger partial charge in [0.25, 0.3) is 0 Å². The SMILES string of the molecule is c1ccc2cc3c(cc2c1)c1c2ccccc2ccc1n3-c1ccc(C2=NC(n3c4ccccc4c4ccccc43)=NC(c3ccc4sc5ccccc5c4c3)N2)c2oc3ccccc3c12. The van der Waals surface area contributed by atoms with Gasteiger partial charge >= 0.3 is 0 Å². The van der Waals surface area contributed by atoms with Crippen LogP contribution in [0.2, 0.25) is 0 Å². The van der Waals surface area contributed by atoms with E-state index in [0.29, 0.717) is 11.8 Å². The monoisotopic (exact) mass is 861 g/mol. The second kappa shape index (κ2) is 13.5. The molecule has 0 radical (unpaired) electrons. The summed E-state index contributed by atoms with van der Waals surface area (Å²) >= 11 is 1.82. The number of rotatable bonds is 3. The highest BCUT2D eigenvalue weighted by molar-refractivity contribution is 7.25. The molecule has 66 heavy (non-hydrogen) atoms. The number of aliphatic imine (C=N–C) groups is 2. The average Bonchev–Trinajstić information content (AvgIpc) is 4.13. The van der Waals surface area contributed by atoms with E-state index in [4.69, 9.17) is 14.4 Å². The third kappa shape index (κ3) is 5.06. The van der Waals surface area contributed by atoms with Crippen LogP contribution in [0.1, 0.15) is 17.3 Å². The minimum absolute atomic E-state index is 0.450. The molecule has 0 fully saturated rings. The van der Waals surface area contributed by atoms with Crippen molar-refractivity contribution in [2.24, 2.45) is 9.98 Å². The van der Waals surface area contributed by atoms with E-state index in [9.17, 15) is 0 Å². The van der Waals surface area contributed by atoms with Gasteiger partial charge in [-0.1, -0.05) is 133 Å². The Bertz CT molecular complexity index is 4410. The summed E-state index contributed by atoms with van der Waals surface area (Å²) < 4.78 is 14.3. The number of benzene rings is 10. The summed E-state index contributed by atoms with van der Waals surface area (Å²) in [4.78, 5) is 11.0. The second-order valence-electron chi connectivity index (χ2n) is 17.3. The standard InChI is InChI=1S/C59H35N5OS/c1-2-15-36-33-50-45(31-35(36)14-1)54-38-16-4-3-13-34(38)25-28-48(54)63(50)49-29-27-43(56-55(49)42-20-7-11-23-51(42)65-56)58-60-57(37-26-30-53-44(32-37)41-19-8-12-24-52(41)66-53)61-59(62-58)64-46-21-9-5-17-39(46)40-18-6-10-22-47(40)64/h1-33,57H,(H,60,61,62). The summed E-state index contributed by atoms with van der Waals surface area (Å²) in [5.41, 5.74) is 8.93. The van der Waals surface area contributed by atoms with Gasteiger partial charge in [-0.2, -0.15) is 4.99 Å². The summed E-state index contributed by atoms with van der Waals surface area (Å²) in [6, 6.07) is 72.0. The fraction of sp³-hybridized carbons (Fsp3) is 0.0169. The number of nitrogens with zero attached hydrogens (tertiary/aromatic N) is 4. The number of aromatic nitrogens is 2. The number of nitrogens with one attached hydrogen (secondary N) is 1. The molecule has 10 aromatic carbocycles. The quantitative estimate of drug-likeness (QED) is 0.192. The molecule has 4 aromatic heterocycles. The molecule has 1 atom stereocenters. The zero-order valence-corrected chi connectivity index (χ0v) is 36.1. The van der Waals surface area contributed by atoms with Gasteiger partial charge in [0, 0.05) is 47.1 Å². The van der Waals surface area contributed by atoms with Gasteiger partial charge in [-0.05, 0) is 93.8 Å². The van der Waals surface area contributed by atoms with E-state index in [1.807, 2.05) is 17.4 Å². The number of hydrogen-bond acceptors (Lipinski definition) is 5. The molecule has 1 unspecified atom stereocenters. The molecule has 1 aliphatic heterocycles. The summed E-state index contributed by atoms with van der Waals surface area (Å²) in [6.45, 7) is 0. The van der Waals surface area contributed by atoms with Crippen LogP contribution in [0, 0.1) is 0 Å². The first-order valence-corrected chi connectivity index (χ1v) is 23.2. The summed E-state index contributed by atoms with van der Waals surface area (Å²) in [7, 11) is 0. The molecule has 5 heterocycles. The smallest absolute Gasteiger partial charge is 0.234 e. The molecule has 308 valence electrons. The van der Waals surface area contributed by atoms with Gasteiger partial charge in [0.05, 0.1) is 38.7 Å². The Kier molecular flexibility index (Phi) is 7.34. The molecule has 1 N–H and O–H groups in total. The Labute approximate surface area is 380 Å². The largest absolute Gasteiger partial charge is 0.455 e. The zero-order chi connectivity index (χ0) is 43.0. The van der Waals surface area contributed by atoms with E-state index >= 15 is 0 Å². The Hall–Kier alpha value is -8.52. The minimum Gasteiger partial charge on any atom is -0.455 e. The van der Waals surface area contributed by atoms with Crippen LogP contribution in [-0.4, -0.2) is 20.9 Å². The van der Waals surface area contributed by atoms with Crippen molar-refractivity contribution < 1.29 is 4.42 Å². The Morgan fingerprint density at radius 2 is 1.12 bits per heavy atom. The first-order valence-electron chi connectivity index (χ1n) is 22.3. The van der Waals surface area contributed by atoms with Gasteiger partial charge in [-0.3, -0.25) is 4.57 Å². The Morgan fingerprint density at radius 3 is 1.94 bits per heavy atom. The van der Waals surface area contributed by atoms with Crippen molar-refractivity contribution in [3.63, 3.8) is 0 Å². The van der Waals surface area contributed by atoms with Crippen molar-refractivity contribution in [3.8, 4) is 5.69 Å². The molecule has 6 nitrogen and oxygen atoms in total. The molecule has 14 aromatic rings. The third-order valence-corrected chi connectivity index (χ3v) is 14.9. The molecule has 0 saturated heterocycles. The van der Waals surface area contributed by atoms with Crippen molar-refractivity contribution in [1.29, 1.82) is 0 Å². The lowest BCUT2D eigenvalue weighted by Gasteiger charge is -2.24. The van der Waals surface area contributed by atoms with Crippen LogP contribution in [-0.2, 0) is 0 Å². The van der Waals surface area contributed by atoms with Crippen molar-refractivity contribution in [2.45, 2.75) is 6.17 Å². The average molecular weight is 862 g/mol. The number of para-hydroxylation sites is 3. The molecular weight excluding hydrogens is 827 g/mol. The lowest BCUT2D eigenvalue weighted by molar-refractivity contribution is 0.657. The molecule has 7 heteroatoms. The summed E-state index contributed by atoms with van der Waals surface area (Å²) in [6.07, 6.45) is -0.450. The fourth-order valence-electron chi connectivity index (χ4n) is 10.8. The highest BCUT2D eigenvalue weighted by Gasteiger charge is 2.28. The maximum absolute atomic E-state index is 7.06. The Morgan fingerprint density at radius 1 is 0.455 bits per heavy atom. The fourth-order valence-corrected chi connectivity index (χ4v) is 11.9. The predicted octanol–water partition coefficient (Wildman–Crippen LogP) is 15.4. The number of hydrogen-bond donors (Lipinski definition) is 1. The molecule has 15 rings (SSSR count). The topological polar surface area (TPSA) is 59.8 Å². The third-order valence-electron chi connectivity index (χ3n) is 13.7. The second-order valence-corrected chi connectivity index (χ2v) is 18.4. The van der Waals surface area contributed by atoms with Gasteiger partial charge in [-0.25, -0.2) is 4.99 Å². The van der Waals surface area contributed by atoms with Crippen molar-refractivity contribution in [2.75, 3.05) is 0 Å². The van der Waals surface area contributed by atoms with Crippen LogP contribution in [0.3, 0.4) is 0 Å². The van der Waals surface area contributed by atoms with Gasteiger partial charge in [0.2, 0.25) is 5.96 Å². The highest BCUT2D eigenvalue weighted by Crippen LogP contribution is 2.44. The molecular formula is C59H35N5OS. The maximum Gasteiger partial charge on any atom is 0.234 e. The summed E-state index contributed by atoms with van der Waals surface area (Å²) in [5.74, 6) is 1.30. The van der Waals surface area contributed by atoms with E-state index in [2.05, 4.69) is 209 Å². The first kappa shape index (κ1) is 35.9. The predicted molar refractivity (Wildman–Crippen MR) is 277 cm³/mol. The lowest BCUT2D eigenvalue weighted by Crippen LogP contribution is -2.35. The van der Waals surface area contributed by atoms with Crippen LogP contribution in [0.25, 0.3) is 113 Å². The van der Waals surface area contributed by atoms with Crippen molar-refractivity contribution in [3.05, 3.63) is 211 Å². The lowest BCUT2D eigenvalue weighted by atomic mass is 10.0. The first-order chi connectivity index (χ1) is 32.7. The molecule has 1 aliphatic rings. The van der Waals surface area contributed by atoms with Crippen LogP contribution in [0.5, 0.6) is 0 Å². The number of furan rings is 1. The molecule has 0 spiro atoms. The molecule has 0 aliphatic carbocycles. The van der Waals surface area contributed by atoms with Crippen LogP contribution in [0.4, 0.5) is 0 Å². The molecule has 0 saturated carbocycles. The Balaban J connectivity index is 1.01. The van der Waals surface area contributed by atoms with Crippen LogP contribution in [0.15, 0.2) is 215 Å². The van der Waals surface area contributed by atoms with Crippen molar-refractivity contribution >= 4 is 130 Å². The zero-order valence-electron chi connectivity index (χ0n) is 35.2. The molecule has 0 amide bonds. The number of fused-ring (bicyclic) bond motifs is 15. The highest BCUT2D eigenvalue weighted by atomic mass is 32.1. The van der Waals surface area contributed by atoms with Crippen LogP contribution >= 0.6 is 11.3 Å².